The molecule has 0 spiro atoms. The van der Waals surface area contributed by atoms with Crippen LogP contribution in [0.2, 0.25) is 0 Å². The Labute approximate surface area is 198 Å². The molecule has 0 aliphatic carbocycles. The van der Waals surface area contributed by atoms with Crippen molar-refractivity contribution >= 4 is 41.1 Å². The molecule has 0 aromatic rings. The predicted molar refractivity (Wildman–Crippen MR) is 144 cm³/mol. The molecule has 0 radical (unpaired) electrons. The van der Waals surface area contributed by atoms with Crippen molar-refractivity contribution < 1.29 is 0 Å². The molecule has 0 rings (SSSR count). The van der Waals surface area contributed by atoms with Gasteiger partial charge in [0.05, 0.1) is 4.99 Å². The van der Waals surface area contributed by atoms with Crippen LogP contribution in [0.4, 0.5) is 0 Å². The Hall–Kier alpha value is 0.590. The van der Waals surface area contributed by atoms with Crippen LogP contribution in [0.5, 0.6) is 0 Å². The van der Waals surface area contributed by atoms with Crippen molar-refractivity contribution in [1.29, 1.82) is 0 Å². The van der Waals surface area contributed by atoms with E-state index in [-0.39, 0.29) is 0 Å². The fraction of sp³-hybridized carbons (Fsp3) is 0.960. The van der Waals surface area contributed by atoms with Crippen molar-refractivity contribution in [3.05, 3.63) is 0 Å². The van der Waals surface area contributed by atoms with Crippen molar-refractivity contribution in [2.75, 3.05) is 11.5 Å². The van der Waals surface area contributed by atoms with E-state index in [2.05, 4.69) is 31.4 Å². The third-order valence-electron chi connectivity index (χ3n) is 5.62. The third kappa shape index (κ3) is 19.0. The van der Waals surface area contributed by atoms with Gasteiger partial charge in [-0.1, -0.05) is 130 Å². The normalized spacial score (nSPS) is 12.3. The first-order chi connectivity index (χ1) is 14.2. The van der Waals surface area contributed by atoms with Crippen LogP contribution in [0, 0.1) is 5.92 Å². The molecule has 0 aromatic carbocycles. The summed E-state index contributed by atoms with van der Waals surface area (Å²) in [6.07, 6.45) is 22.9. The van der Waals surface area contributed by atoms with Gasteiger partial charge in [0.2, 0.25) is 0 Å². The molecule has 0 saturated carbocycles. The highest BCUT2D eigenvalue weighted by Crippen LogP contribution is 2.29. The van der Waals surface area contributed by atoms with Gasteiger partial charge in [-0.05, 0) is 42.7 Å². The minimum atomic E-state index is 0.772. The molecule has 1 unspecified atom stereocenters. The lowest BCUT2D eigenvalue weighted by Crippen LogP contribution is -2.20. The van der Waals surface area contributed by atoms with E-state index in [9.17, 15) is 0 Å². The maximum Gasteiger partial charge on any atom is 0.0996 e. The highest BCUT2D eigenvalue weighted by Gasteiger charge is 2.16. The molecule has 0 saturated heterocycles. The molecule has 0 aliphatic heterocycles. The van der Waals surface area contributed by atoms with E-state index in [1.54, 1.807) is 0 Å². The summed E-state index contributed by atoms with van der Waals surface area (Å²) in [5, 5.41) is 0. The Balaban J connectivity index is 4.28. The van der Waals surface area contributed by atoms with Gasteiger partial charge in [-0.3, -0.25) is 3.71 Å². The molecule has 1 atom stereocenters. The van der Waals surface area contributed by atoms with Crippen molar-refractivity contribution in [2.24, 2.45) is 5.92 Å². The maximum atomic E-state index is 5.92. The summed E-state index contributed by atoms with van der Waals surface area (Å²) in [5.74, 6) is 3.22. The van der Waals surface area contributed by atoms with Gasteiger partial charge in [-0.25, -0.2) is 0 Å². The van der Waals surface area contributed by atoms with Gasteiger partial charge in [0.15, 0.2) is 0 Å². The molecule has 4 heteroatoms. The number of rotatable bonds is 22. The number of hydrogen-bond donors (Lipinski definition) is 0. The maximum absolute atomic E-state index is 5.92. The first-order valence-corrected chi connectivity index (χ1v) is 15.1. The Morgan fingerprint density at radius 2 is 1.10 bits per heavy atom. The van der Waals surface area contributed by atoms with Gasteiger partial charge in [0.1, 0.15) is 0 Å². The average Bonchev–Trinajstić information content (AvgIpc) is 2.73. The van der Waals surface area contributed by atoms with Crippen LogP contribution in [0.25, 0.3) is 0 Å². The number of nitrogens with zero attached hydrogens (tertiary/aromatic N) is 1. The van der Waals surface area contributed by atoms with E-state index >= 15 is 0 Å². The third-order valence-corrected chi connectivity index (χ3v) is 8.69. The molecule has 0 aliphatic rings. The zero-order chi connectivity index (χ0) is 21.6. The summed E-state index contributed by atoms with van der Waals surface area (Å²) in [4.78, 5) is 1.19. The summed E-state index contributed by atoms with van der Waals surface area (Å²) in [6.45, 7) is 9.21. The van der Waals surface area contributed by atoms with Gasteiger partial charge in [-0.2, -0.15) is 0 Å². The molecule has 29 heavy (non-hydrogen) atoms. The average molecular weight is 462 g/mol. The molecular weight excluding hydrogens is 410 g/mol. The molecule has 0 amide bonds. The summed E-state index contributed by atoms with van der Waals surface area (Å²) >= 11 is 9.92. The molecular formula is C25H51NS3. The van der Waals surface area contributed by atoms with Gasteiger partial charge in [-0.15, -0.1) is 0 Å². The number of unbranched alkanes of at least 4 members (excludes halogenated alkanes) is 11. The Morgan fingerprint density at radius 3 is 1.55 bits per heavy atom. The van der Waals surface area contributed by atoms with Gasteiger partial charge >= 0.3 is 0 Å². The lowest BCUT2D eigenvalue weighted by Gasteiger charge is -2.25. The van der Waals surface area contributed by atoms with Crippen LogP contribution in [0.3, 0.4) is 0 Å². The largest absolute Gasteiger partial charge is 0.252 e. The van der Waals surface area contributed by atoms with E-state index in [0.29, 0.717) is 0 Å². The molecule has 0 bridgehead atoms. The summed E-state index contributed by atoms with van der Waals surface area (Å²) in [5.41, 5.74) is 0. The SMILES string of the molecule is CCCCCCCCSN(SCCCCCCCC)C(=S)CC(CC)CCCC. The van der Waals surface area contributed by atoms with Crippen LogP contribution in [0.1, 0.15) is 137 Å². The Kier molecular flexibility index (Phi) is 23.7. The second-order valence-corrected chi connectivity index (χ2v) is 11.2. The predicted octanol–water partition coefficient (Wildman–Crippen LogP) is 10.2. The zero-order valence-electron chi connectivity index (χ0n) is 20.2. The van der Waals surface area contributed by atoms with Crippen LogP contribution in [0.15, 0.2) is 0 Å². The second kappa shape index (κ2) is 23.3. The standard InChI is InChI=1S/C25H51NS3/c1-5-9-12-14-16-18-21-28-26(29-22-19-17-15-13-10-6-2)25(27)23-24(8-4)20-11-7-3/h24H,5-23H2,1-4H3. The van der Waals surface area contributed by atoms with Crippen LogP contribution in [-0.2, 0) is 0 Å². The van der Waals surface area contributed by atoms with E-state index in [4.69, 9.17) is 12.2 Å². The topological polar surface area (TPSA) is 3.24 Å². The van der Waals surface area contributed by atoms with Gasteiger partial charge < -0.3 is 0 Å². The smallest absolute Gasteiger partial charge is 0.0996 e. The van der Waals surface area contributed by atoms with Crippen LogP contribution in [-0.4, -0.2) is 20.2 Å². The summed E-state index contributed by atoms with van der Waals surface area (Å²) in [7, 11) is 0. The fourth-order valence-electron chi connectivity index (χ4n) is 3.51. The fourth-order valence-corrected chi connectivity index (χ4v) is 6.24. The first kappa shape index (κ1) is 29.6. The monoisotopic (exact) mass is 461 g/mol. The second-order valence-electron chi connectivity index (χ2n) is 8.47. The molecule has 0 aromatic heterocycles. The summed E-state index contributed by atoms with van der Waals surface area (Å²) < 4.78 is 2.43. The number of hydrogen-bond acceptors (Lipinski definition) is 3. The Morgan fingerprint density at radius 1 is 0.655 bits per heavy atom. The highest BCUT2D eigenvalue weighted by atomic mass is 32.2. The van der Waals surface area contributed by atoms with Crippen molar-refractivity contribution in [3.8, 4) is 0 Å². The van der Waals surface area contributed by atoms with E-state index in [1.807, 2.05) is 23.9 Å². The quantitative estimate of drug-likeness (QED) is 0.0895. The van der Waals surface area contributed by atoms with Crippen molar-refractivity contribution in [3.63, 3.8) is 0 Å². The van der Waals surface area contributed by atoms with E-state index in [1.165, 1.54) is 119 Å². The molecule has 0 N–H and O–H groups in total. The first-order valence-electron chi connectivity index (χ1n) is 12.8. The van der Waals surface area contributed by atoms with E-state index < -0.39 is 0 Å². The van der Waals surface area contributed by atoms with Crippen molar-refractivity contribution in [1.82, 2.24) is 3.71 Å². The molecule has 174 valence electrons. The lowest BCUT2D eigenvalue weighted by molar-refractivity contribution is 0.464. The van der Waals surface area contributed by atoms with Gasteiger partial charge in [0, 0.05) is 17.9 Å². The lowest BCUT2D eigenvalue weighted by atomic mass is 9.96. The van der Waals surface area contributed by atoms with E-state index in [0.717, 1.165) is 12.3 Å². The molecule has 0 heterocycles. The Bertz CT molecular complexity index is 331. The number of thiocarbonyl (C=S) groups is 1. The highest BCUT2D eigenvalue weighted by molar-refractivity contribution is 8.13. The van der Waals surface area contributed by atoms with Gasteiger partial charge in [0.25, 0.3) is 0 Å². The minimum absolute atomic E-state index is 0.772. The molecule has 1 nitrogen and oxygen atoms in total. The zero-order valence-corrected chi connectivity index (χ0v) is 22.6. The van der Waals surface area contributed by atoms with Crippen LogP contribution >= 0.6 is 36.1 Å². The molecule has 0 fully saturated rings. The minimum Gasteiger partial charge on any atom is -0.252 e. The van der Waals surface area contributed by atoms with Crippen LogP contribution < -0.4 is 0 Å². The summed E-state index contributed by atoms with van der Waals surface area (Å²) in [6, 6.07) is 0. The van der Waals surface area contributed by atoms with Crippen molar-refractivity contribution in [2.45, 2.75) is 137 Å².